The molecule has 2 heterocycles. The molecule has 1 amide bonds. The molecule has 1 N–H and O–H groups in total. The largest absolute Gasteiger partial charge is 0.476 e. The Hall–Kier alpha value is -2.34. The number of anilines is 2. The van der Waals surface area contributed by atoms with Gasteiger partial charge in [0.05, 0.1) is 17.1 Å². The topological polar surface area (TPSA) is 101 Å². The van der Waals surface area contributed by atoms with E-state index in [4.69, 9.17) is 16.3 Å². The molecule has 0 aliphatic carbocycles. The Morgan fingerprint density at radius 3 is 2.81 bits per heavy atom. The first-order valence-electron chi connectivity index (χ1n) is 9.19. The monoisotopic (exact) mass is 496 g/mol. The molecule has 1 aromatic heterocycles. The van der Waals surface area contributed by atoms with E-state index in [2.05, 4.69) is 15.5 Å². The van der Waals surface area contributed by atoms with Crippen LogP contribution < -0.4 is 14.4 Å². The molecule has 0 fully saturated rings. The van der Waals surface area contributed by atoms with E-state index in [-0.39, 0.29) is 22.9 Å². The highest BCUT2D eigenvalue weighted by Crippen LogP contribution is 2.39. The molecule has 4 rings (SSSR count). The molecule has 0 unspecified atom stereocenters. The summed E-state index contributed by atoms with van der Waals surface area (Å²) in [6.07, 6.45) is -1.08. The predicted molar refractivity (Wildman–Crippen MR) is 122 cm³/mol. The van der Waals surface area contributed by atoms with Crippen LogP contribution >= 0.6 is 34.7 Å². The number of aromatic nitrogens is 2. The lowest BCUT2D eigenvalue weighted by Crippen LogP contribution is -2.48. The summed E-state index contributed by atoms with van der Waals surface area (Å²) in [4.78, 5) is 13.0. The van der Waals surface area contributed by atoms with Crippen LogP contribution in [0.5, 0.6) is 5.75 Å². The van der Waals surface area contributed by atoms with E-state index in [1.165, 1.54) is 41.3 Å². The lowest BCUT2D eigenvalue weighted by Gasteiger charge is -2.34. The maximum atomic E-state index is 13.3. The summed E-state index contributed by atoms with van der Waals surface area (Å²) in [5.74, 6) is 0.563. The smallest absolute Gasteiger partial charge is 0.269 e. The van der Waals surface area contributed by atoms with Crippen LogP contribution in [0.3, 0.4) is 0 Å². The van der Waals surface area contributed by atoms with Gasteiger partial charge in [-0.2, -0.15) is 0 Å². The molecule has 8 nitrogen and oxygen atoms in total. The second-order valence-corrected chi connectivity index (χ2v) is 11.2. The average molecular weight is 497 g/mol. The van der Waals surface area contributed by atoms with Crippen molar-refractivity contribution in [2.24, 2.45) is 0 Å². The molecule has 2 aromatic carbocycles. The highest BCUT2D eigenvalue weighted by Gasteiger charge is 2.38. The van der Waals surface area contributed by atoms with Gasteiger partial charge < -0.3 is 4.74 Å². The Balaban J connectivity index is 1.64. The summed E-state index contributed by atoms with van der Waals surface area (Å²) in [6, 6.07) is 12.6. The molecule has 0 bridgehead atoms. The fourth-order valence-corrected chi connectivity index (χ4v) is 6.24. The Morgan fingerprint density at radius 1 is 1.29 bits per heavy atom. The Kier molecular flexibility index (Phi) is 6.37. The van der Waals surface area contributed by atoms with Gasteiger partial charge >= 0.3 is 0 Å². The molecule has 0 spiro atoms. The second-order valence-electron chi connectivity index (χ2n) is 6.36. The molecular weight excluding hydrogens is 480 g/mol. The van der Waals surface area contributed by atoms with E-state index < -0.39 is 22.0 Å². The van der Waals surface area contributed by atoms with Gasteiger partial charge in [-0.1, -0.05) is 59.8 Å². The number of amides is 1. The zero-order chi connectivity index (χ0) is 22.0. The fourth-order valence-electron chi connectivity index (χ4n) is 2.94. The molecule has 12 heteroatoms. The van der Waals surface area contributed by atoms with Crippen molar-refractivity contribution in [3.05, 3.63) is 53.6 Å². The Morgan fingerprint density at radius 2 is 2.06 bits per heavy atom. The van der Waals surface area contributed by atoms with Crippen LogP contribution in [0.1, 0.15) is 6.92 Å². The van der Waals surface area contributed by atoms with Crippen LogP contribution in [-0.2, 0) is 14.8 Å². The van der Waals surface area contributed by atoms with Gasteiger partial charge in [0.15, 0.2) is 10.4 Å². The molecule has 0 radical (unpaired) electrons. The number of rotatable bonds is 6. The van der Waals surface area contributed by atoms with E-state index in [0.29, 0.717) is 10.2 Å². The third-order valence-corrected chi connectivity index (χ3v) is 8.20. The SMILES string of the molecule is CCSc1nnc(NC(=O)[C@H]2CN(S(=O)(=O)c3ccccc3)c3cc(Cl)ccc3O2)s1. The van der Waals surface area contributed by atoms with Crippen LogP contribution in [-0.4, -0.2) is 42.9 Å². The lowest BCUT2D eigenvalue weighted by molar-refractivity contribution is -0.122. The first-order valence-corrected chi connectivity index (χ1v) is 12.8. The molecule has 0 saturated carbocycles. The minimum Gasteiger partial charge on any atom is -0.476 e. The maximum absolute atomic E-state index is 13.3. The standard InChI is InChI=1S/C19H17ClN4O4S3/c1-2-29-19-23-22-18(30-19)21-17(25)16-11-24(14-10-12(20)8-9-15(14)28-16)31(26,27)13-6-4-3-5-7-13/h3-10,16H,2,11H2,1H3,(H,21,22,25)/t16-/m1/s1. The molecule has 3 aromatic rings. The number of carbonyl (C=O) groups excluding carboxylic acids is 1. The maximum Gasteiger partial charge on any atom is 0.269 e. The molecule has 1 atom stereocenters. The first-order chi connectivity index (χ1) is 14.9. The minimum atomic E-state index is -3.95. The Labute approximate surface area is 192 Å². The van der Waals surface area contributed by atoms with E-state index in [1.807, 2.05) is 6.92 Å². The van der Waals surface area contributed by atoms with E-state index in [9.17, 15) is 13.2 Å². The summed E-state index contributed by atoms with van der Waals surface area (Å²) >= 11 is 8.86. The van der Waals surface area contributed by atoms with Crippen LogP contribution in [0.25, 0.3) is 0 Å². The van der Waals surface area contributed by atoms with E-state index in [0.717, 1.165) is 14.4 Å². The normalized spacial score (nSPS) is 15.8. The van der Waals surface area contributed by atoms with Gasteiger partial charge in [-0.3, -0.25) is 14.4 Å². The molecular formula is C19H17ClN4O4S3. The summed E-state index contributed by atoms with van der Waals surface area (Å²) < 4.78 is 34.4. The van der Waals surface area contributed by atoms with Gasteiger partial charge in [0.1, 0.15) is 5.75 Å². The number of fused-ring (bicyclic) bond motifs is 1. The summed E-state index contributed by atoms with van der Waals surface area (Å²) in [5.41, 5.74) is 0.276. The van der Waals surface area contributed by atoms with E-state index >= 15 is 0 Å². The predicted octanol–water partition coefficient (Wildman–Crippen LogP) is 3.90. The number of ether oxygens (including phenoxy) is 1. The van der Waals surface area contributed by atoms with Crippen molar-refractivity contribution >= 4 is 61.4 Å². The highest BCUT2D eigenvalue weighted by atomic mass is 35.5. The number of hydrogen-bond donors (Lipinski definition) is 1. The average Bonchev–Trinajstić information content (AvgIpc) is 3.20. The van der Waals surface area contributed by atoms with Crippen molar-refractivity contribution in [1.29, 1.82) is 0 Å². The minimum absolute atomic E-state index is 0.104. The number of carbonyl (C=O) groups is 1. The lowest BCUT2D eigenvalue weighted by atomic mass is 10.2. The van der Waals surface area contributed by atoms with Gasteiger partial charge in [-0.05, 0) is 36.1 Å². The second kappa shape index (κ2) is 9.03. The van der Waals surface area contributed by atoms with Crippen molar-refractivity contribution in [3.8, 4) is 5.75 Å². The number of thioether (sulfide) groups is 1. The highest BCUT2D eigenvalue weighted by molar-refractivity contribution is 8.01. The number of sulfonamides is 1. The van der Waals surface area contributed by atoms with Crippen molar-refractivity contribution < 1.29 is 17.9 Å². The van der Waals surface area contributed by atoms with Crippen molar-refractivity contribution in [3.63, 3.8) is 0 Å². The Bertz CT molecular complexity index is 1200. The summed E-state index contributed by atoms with van der Waals surface area (Å²) in [5, 5.41) is 11.3. The molecule has 1 aliphatic rings. The van der Waals surface area contributed by atoms with Crippen molar-refractivity contribution in [2.75, 3.05) is 21.9 Å². The number of halogens is 1. The molecule has 0 saturated heterocycles. The van der Waals surface area contributed by atoms with Gasteiger partial charge in [-0.25, -0.2) is 8.42 Å². The van der Waals surface area contributed by atoms with Crippen LogP contribution in [0.4, 0.5) is 10.8 Å². The summed E-state index contributed by atoms with van der Waals surface area (Å²) in [7, 11) is -3.95. The van der Waals surface area contributed by atoms with Gasteiger partial charge in [0.2, 0.25) is 5.13 Å². The molecule has 31 heavy (non-hydrogen) atoms. The van der Waals surface area contributed by atoms with Gasteiger partial charge in [0.25, 0.3) is 15.9 Å². The van der Waals surface area contributed by atoms with Crippen molar-refractivity contribution in [1.82, 2.24) is 10.2 Å². The van der Waals surface area contributed by atoms with Crippen LogP contribution in [0.15, 0.2) is 57.8 Å². The van der Waals surface area contributed by atoms with E-state index in [1.54, 1.807) is 30.3 Å². The quantitative estimate of drug-likeness (QED) is 0.408. The molecule has 1 aliphatic heterocycles. The van der Waals surface area contributed by atoms with Gasteiger partial charge in [-0.15, -0.1) is 10.2 Å². The zero-order valence-electron chi connectivity index (χ0n) is 16.2. The number of nitrogens with one attached hydrogen (secondary N) is 1. The number of benzene rings is 2. The number of hydrogen-bond acceptors (Lipinski definition) is 8. The molecule has 162 valence electrons. The summed E-state index contributed by atoms with van der Waals surface area (Å²) in [6.45, 7) is 1.78. The fraction of sp³-hybridized carbons (Fsp3) is 0.211. The van der Waals surface area contributed by atoms with Crippen molar-refractivity contribution in [2.45, 2.75) is 22.3 Å². The number of nitrogens with zero attached hydrogens (tertiary/aromatic N) is 3. The first kappa shape index (κ1) is 21.9. The van der Waals surface area contributed by atoms with Gasteiger partial charge in [0, 0.05) is 5.02 Å². The third-order valence-electron chi connectivity index (χ3n) is 4.32. The third kappa shape index (κ3) is 4.64. The van der Waals surface area contributed by atoms with Crippen LogP contribution in [0, 0.1) is 0 Å². The zero-order valence-corrected chi connectivity index (χ0v) is 19.4. The van der Waals surface area contributed by atoms with Crippen LogP contribution in [0.2, 0.25) is 5.02 Å².